The van der Waals surface area contributed by atoms with E-state index in [1.165, 1.54) is 68.7 Å². The topological polar surface area (TPSA) is 48.7 Å². The summed E-state index contributed by atoms with van der Waals surface area (Å²) in [5.41, 5.74) is 1.66. The molecule has 0 radical (unpaired) electrons. The van der Waals surface area contributed by atoms with E-state index in [0.29, 0.717) is 11.5 Å². The summed E-state index contributed by atoms with van der Waals surface area (Å²) in [4.78, 5) is 10.5. The van der Waals surface area contributed by atoms with Crippen molar-refractivity contribution < 1.29 is 0 Å². The van der Waals surface area contributed by atoms with Crippen molar-refractivity contribution in [2.24, 2.45) is 12.0 Å². The predicted octanol–water partition coefficient (Wildman–Crippen LogP) is 2.93. The zero-order valence-corrected chi connectivity index (χ0v) is 19.1. The van der Waals surface area contributed by atoms with Crippen LogP contribution in [-0.2, 0) is 7.05 Å². The van der Waals surface area contributed by atoms with Crippen LogP contribution in [0.5, 0.6) is 0 Å². The van der Waals surface area contributed by atoms with Crippen LogP contribution in [0.4, 0.5) is 0 Å². The second-order valence-corrected chi connectivity index (χ2v) is 10.2. The molecule has 1 N–H and O–H groups in total. The lowest BCUT2D eigenvalue weighted by molar-refractivity contribution is 0.0670. The van der Waals surface area contributed by atoms with E-state index in [0.717, 1.165) is 32.1 Å². The average molecular weight is 419 g/mol. The first-order chi connectivity index (χ1) is 14.2. The molecule has 4 rings (SSSR count). The van der Waals surface area contributed by atoms with Crippen molar-refractivity contribution in [3.63, 3.8) is 0 Å². The summed E-state index contributed by atoms with van der Waals surface area (Å²) in [5, 5.41) is 7.96. The normalized spacial score (nSPS) is 26.1. The number of hydrogen-bond donors (Lipinski definition) is 1. The molecular formula is C22H38N6S. The van der Waals surface area contributed by atoms with Gasteiger partial charge in [-0.2, -0.15) is 16.9 Å². The minimum absolute atomic E-state index is 0.294. The third-order valence-corrected chi connectivity index (χ3v) is 7.95. The molecule has 162 valence electrons. The van der Waals surface area contributed by atoms with E-state index in [2.05, 4.69) is 45.1 Å². The summed E-state index contributed by atoms with van der Waals surface area (Å²) in [6.45, 7) is 8.67. The van der Waals surface area contributed by atoms with Crippen LogP contribution in [0.3, 0.4) is 0 Å². The number of nitrogens with one attached hydrogen (secondary N) is 1. The second kappa shape index (κ2) is 9.73. The fraction of sp³-hybridized carbons (Fsp3) is 0.818. The van der Waals surface area contributed by atoms with Crippen molar-refractivity contribution in [2.75, 3.05) is 50.8 Å². The Morgan fingerprint density at radius 3 is 2.72 bits per heavy atom. The van der Waals surface area contributed by atoms with E-state index in [4.69, 9.17) is 4.99 Å². The maximum atomic E-state index is 5.26. The van der Waals surface area contributed by atoms with Crippen LogP contribution in [0.15, 0.2) is 17.4 Å². The molecule has 0 spiro atoms. The highest BCUT2D eigenvalue weighted by atomic mass is 32.2. The molecule has 1 aromatic rings. The van der Waals surface area contributed by atoms with E-state index >= 15 is 0 Å². The summed E-state index contributed by atoms with van der Waals surface area (Å²) >= 11 is 2.11. The summed E-state index contributed by atoms with van der Waals surface area (Å²) in [6.07, 6.45) is 12.1. The Morgan fingerprint density at radius 1 is 1.24 bits per heavy atom. The Labute approximate surface area is 180 Å². The Kier molecular flexibility index (Phi) is 7.06. The van der Waals surface area contributed by atoms with Gasteiger partial charge in [-0.1, -0.05) is 19.3 Å². The molecule has 0 amide bonds. The van der Waals surface area contributed by atoms with Crippen molar-refractivity contribution in [1.29, 1.82) is 0 Å². The van der Waals surface area contributed by atoms with Gasteiger partial charge in [-0.3, -0.25) is 14.6 Å². The lowest BCUT2D eigenvalue weighted by atomic mass is 9.80. The average Bonchev–Trinajstić information content (AvgIpc) is 3.42. The first kappa shape index (κ1) is 21.0. The largest absolute Gasteiger partial charge is 0.357 e. The van der Waals surface area contributed by atoms with E-state index < -0.39 is 0 Å². The molecule has 0 bridgehead atoms. The van der Waals surface area contributed by atoms with Crippen molar-refractivity contribution in [1.82, 2.24) is 24.9 Å². The Balaban J connectivity index is 1.46. The summed E-state index contributed by atoms with van der Waals surface area (Å²) in [7, 11) is 2.00. The van der Waals surface area contributed by atoms with Crippen LogP contribution >= 0.6 is 11.8 Å². The number of aromatic nitrogens is 2. The van der Waals surface area contributed by atoms with Crippen molar-refractivity contribution >= 4 is 17.7 Å². The van der Waals surface area contributed by atoms with Gasteiger partial charge in [0, 0.05) is 68.9 Å². The number of rotatable bonds is 5. The van der Waals surface area contributed by atoms with Gasteiger partial charge in [0.2, 0.25) is 0 Å². The molecule has 3 fully saturated rings. The van der Waals surface area contributed by atoms with Crippen LogP contribution in [-0.4, -0.2) is 81.9 Å². The van der Waals surface area contributed by atoms with Gasteiger partial charge in [0.25, 0.3) is 0 Å². The van der Waals surface area contributed by atoms with Crippen molar-refractivity contribution in [2.45, 2.75) is 56.9 Å². The lowest BCUT2D eigenvalue weighted by Crippen LogP contribution is -2.55. The number of nitrogens with zero attached hydrogens (tertiary/aromatic N) is 5. The first-order valence-electron chi connectivity index (χ1n) is 11.5. The molecule has 2 aliphatic heterocycles. The van der Waals surface area contributed by atoms with Crippen molar-refractivity contribution in [3.05, 3.63) is 18.0 Å². The minimum Gasteiger partial charge on any atom is -0.357 e. The molecule has 7 heteroatoms. The molecule has 3 aliphatic rings. The summed E-state index contributed by atoms with van der Waals surface area (Å²) in [6, 6.07) is 0. The van der Waals surface area contributed by atoms with Gasteiger partial charge in [0.05, 0.1) is 12.7 Å². The van der Waals surface area contributed by atoms with Crippen LogP contribution in [0.1, 0.15) is 56.9 Å². The number of guanidine groups is 1. The zero-order chi connectivity index (χ0) is 20.1. The van der Waals surface area contributed by atoms with Gasteiger partial charge >= 0.3 is 0 Å². The number of likely N-dealkylation sites (tertiary alicyclic amines) is 1. The highest BCUT2D eigenvalue weighted by Crippen LogP contribution is 2.36. The SMILES string of the molecule is CCNC(=NCC1(N2CCSCC2)CCCCC1)N1CCC(c2cnn(C)c2)C1. The van der Waals surface area contributed by atoms with Crippen LogP contribution in [0.2, 0.25) is 0 Å². The van der Waals surface area contributed by atoms with Gasteiger partial charge < -0.3 is 10.2 Å². The molecule has 29 heavy (non-hydrogen) atoms. The number of hydrogen-bond acceptors (Lipinski definition) is 4. The molecule has 3 heterocycles. The Hall–Kier alpha value is -1.21. The maximum Gasteiger partial charge on any atom is 0.194 e. The molecule has 6 nitrogen and oxygen atoms in total. The molecule has 1 unspecified atom stereocenters. The van der Waals surface area contributed by atoms with Gasteiger partial charge in [0.15, 0.2) is 5.96 Å². The molecule has 1 atom stereocenters. The number of thioether (sulfide) groups is 1. The third kappa shape index (κ3) is 4.93. The molecule has 1 saturated carbocycles. The first-order valence-corrected chi connectivity index (χ1v) is 12.7. The van der Waals surface area contributed by atoms with E-state index in [-0.39, 0.29) is 0 Å². The van der Waals surface area contributed by atoms with Gasteiger partial charge in [-0.05, 0) is 31.7 Å². The fourth-order valence-corrected chi connectivity index (χ4v) is 6.25. The fourth-order valence-electron chi connectivity index (χ4n) is 5.35. The van der Waals surface area contributed by atoms with E-state index in [9.17, 15) is 0 Å². The molecule has 1 aromatic heterocycles. The molecule has 1 aliphatic carbocycles. The highest BCUT2D eigenvalue weighted by Gasteiger charge is 2.38. The standard InChI is InChI=1S/C22H38N6S/c1-3-23-21(27-10-7-19(17-27)20-15-25-26(2)16-20)24-18-22(8-5-4-6-9-22)28-11-13-29-14-12-28/h15-16,19H,3-14,17-18H2,1-2H3,(H,23,24). The van der Waals surface area contributed by atoms with Crippen LogP contribution in [0, 0.1) is 0 Å². The quantitative estimate of drug-likeness (QED) is 0.589. The maximum absolute atomic E-state index is 5.26. The zero-order valence-electron chi connectivity index (χ0n) is 18.3. The molecule has 2 saturated heterocycles. The Morgan fingerprint density at radius 2 is 2.03 bits per heavy atom. The predicted molar refractivity (Wildman–Crippen MR) is 123 cm³/mol. The molecular weight excluding hydrogens is 380 g/mol. The monoisotopic (exact) mass is 418 g/mol. The highest BCUT2D eigenvalue weighted by molar-refractivity contribution is 7.99. The van der Waals surface area contributed by atoms with Gasteiger partial charge in [-0.15, -0.1) is 0 Å². The number of aliphatic imine (C=N–C) groups is 1. The number of aryl methyl sites for hydroxylation is 1. The Bertz CT molecular complexity index is 675. The van der Waals surface area contributed by atoms with Crippen molar-refractivity contribution in [3.8, 4) is 0 Å². The second-order valence-electron chi connectivity index (χ2n) is 8.93. The van der Waals surface area contributed by atoms with Gasteiger partial charge in [-0.25, -0.2) is 0 Å². The van der Waals surface area contributed by atoms with E-state index in [1.807, 2.05) is 17.9 Å². The third-order valence-electron chi connectivity index (χ3n) is 7.01. The smallest absolute Gasteiger partial charge is 0.194 e. The minimum atomic E-state index is 0.294. The van der Waals surface area contributed by atoms with Gasteiger partial charge in [0.1, 0.15) is 0 Å². The van der Waals surface area contributed by atoms with Crippen LogP contribution in [0.25, 0.3) is 0 Å². The van der Waals surface area contributed by atoms with E-state index in [1.54, 1.807) is 0 Å². The lowest BCUT2D eigenvalue weighted by Gasteiger charge is -2.47. The molecule has 0 aromatic carbocycles. The summed E-state index contributed by atoms with van der Waals surface area (Å²) < 4.78 is 1.92. The summed E-state index contributed by atoms with van der Waals surface area (Å²) in [5.74, 6) is 4.25. The van der Waals surface area contributed by atoms with Crippen LogP contribution < -0.4 is 5.32 Å².